The van der Waals surface area contributed by atoms with E-state index in [4.69, 9.17) is 21.4 Å². The fraction of sp³-hybridized carbons (Fsp3) is 0.400. The predicted octanol–water partition coefficient (Wildman–Crippen LogP) is 2.19. The molecule has 0 fully saturated rings. The first-order valence-corrected chi connectivity index (χ1v) is 4.51. The van der Waals surface area contributed by atoms with E-state index in [2.05, 4.69) is 0 Å². The van der Waals surface area contributed by atoms with Gasteiger partial charge in [-0.05, 0) is 24.5 Å². The lowest BCUT2D eigenvalue weighted by Crippen LogP contribution is -1.96. The maximum atomic E-state index is 8.78. The van der Waals surface area contributed by atoms with E-state index in [-0.39, 0.29) is 6.61 Å². The third-order valence-corrected chi connectivity index (χ3v) is 2.37. The zero-order valence-corrected chi connectivity index (χ0v) is 8.56. The molecule has 0 heterocycles. The van der Waals surface area contributed by atoms with Crippen LogP contribution < -0.4 is 4.74 Å². The Morgan fingerprint density at radius 3 is 2.69 bits per heavy atom. The quantitative estimate of drug-likeness (QED) is 0.811. The van der Waals surface area contributed by atoms with Crippen molar-refractivity contribution in [3.05, 3.63) is 28.3 Å². The van der Waals surface area contributed by atoms with Gasteiger partial charge in [-0.25, -0.2) is 0 Å². The largest absolute Gasteiger partial charge is 0.495 e. The van der Waals surface area contributed by atoms with Crippen molar-refractivity contribution in [1.82, 2.24) is 0 Å². The summed E-state index contributed by atoms with van der Waals surface area (Å²) in [5, 5.41) is 9.39. The van der Waals surface area contributed by atoms with Gasteiger partial charge in [-0.2, -0.15) is 0 Å². The molecule has 2 nitrogen and oxygen atoms in total. The number of halogens is 1. The van der Waals surface area contributed by atoms with Gasteiger partial charge in [0.1, 0.15) is 5.75 Å². The number of ether oxygens (including phenoxy) is 1. The third-order valence-electron chi connectivity index (χ3n) is 1.96. The molecule has 3 heteroatoms. The minimum atomic E-state index is 0.103. The molecule has 0 radical (unpaired) electrons. The molecule has 0 aromatic heterocycles. The Kier molecular flexibility index (Phi) is 3.58. The molecular formula is C10H13ClO2. The summed E-state index contributed by atoms with van der Waals surface area (Å²) >= 11 is 6.06. The molecule has 72 valence electrons. The Bertz CT molecular complexity index is 297. The molecule has 0 saturated carbocycles. The highest BCUT2D eigenvalue weighted by atomic mass is 35.5. The maximum Gasteiger partial charge on any atom is 0.140 e. The monoisotopic (exact) mass is 200 g/mol. The molecule has 0 aliphatic heterocycles. The zero-order valence-electron chi connectivity index (χ0n) is 7.80. The molecule has 13 heavy (non-hydrogen) atoms. The second kappa shape index (κ2) is 4.49. The Balaban J connectivity index is 3.11. The number of methoxy groups -OCH3 is 1. The van der Waals surface area contributed by atoms with E-state index in [9.17, 15) is 0 Å². The Labute approximate surface area is 83.1 Å². The first-order valence-electron chi connectivity index (χ1n) is 4.13. The van der Waals surface area contributed by atoms with Crippen LogP contribution in [0.4, 0.5) is 0 Å². The Morgan fingerprint density at radius 2 is 2.15 bits per heavy atom. The molecule has 0 unspecified atom stereocenters. The van der Waals surface area contributed by atoms with Crippen LogP contribution in [0, 0.1) is 6.92 Å². The van der Waals surface area contributed by atoms with Crippen molar-refractivity contribution >= 4 is 11.6 Å². The molecule has 1 N–H and O–H groups in total. The number of benzene rings is 1. The van der Waals surface area contributed by atoms with Crippen LogP contribution in [-0.4, -0.2) is 18.8 Å². The van der Waals surface area contributed by atoms with Crippen LogP contribution in [0.2, 0.25) is 5.02 Å². The molecule has 1 rings (SSSR count). The van der Waals surface area contributed by atoms with Gasteiger partial charge in [-0.1, -0.05) is 23.7 Å². The minimum Gasteiger partial charge on any atom is -0.495 e. The van der Waals surface area contributed by atoms with Crippen LogP contribution in [-0.2, 0) is 6.42 Å². The normalized spacial score (nSPS) is 10.2. The van der Waals surface area contributed by atoms with Gasteiger partial charge in [-0.15, -0.1) is 0 Å². The highest BCUT2D eigenvalue weighted by Gasteiger charge is 2.08. The third kappa shape index (κ3) is 2.14. The number of hydrogen-bond donors (Lipinski definition) is 1. The van der Waals surface area contributed by atoms with Crippen LogP contribution >= 0.6 is 11.6 Å². The summed E-state index contributed by atoms with van der Waals surface area (Å²) < 4.78 is 5.15. The predicted molar refractivity (Wildman–Crippen MR) is 53.5 cm³/mol. The number of aliphatic hydroxyl groups excluding tert-OH is 1. The van der Waals surface area contributed by atoms with Gasteiger partial charge < -0.3 is 9.84 Å². The van der Waals surface area contributed by atoms with Crippen molar-refractivity contribution < 1.29 is 9.84 Å². The van der Waals surface area contributed by atoms with E-state index in [1.54, 1.807) is 7.11 Å². The van der Waals surface area contributed by atoms with Gasteiger partial charge in [0.2, 0.25) is 0 Å². The van der Waals surface area contributed by atoms with Gasteiger partial charge in [0.25, 0.3) is 0 Å². The number of hydrogen-bond acceptors (Lipinski definition) is 2. The highest BCUT2D eigenvalue weighted by Crippen LogP contribution is 2.31. The summed E-state index contributed by atoms with van der Waals surface area (Å²) in [7, 11) is 1.59. The van der Waals surface area contributed by atoms with Gasteiger partial charge >= 0.3 is 0 Å². The average molecular weight is 201 g/mol. The Morgan fingerprint density at radius 1 is 1.46 bits per heavy atom. The summed E-state index contributed by atoms with van der Waals surface area (Å²) in [5.74, 6) is 0.701. The summed E-state index contributed by atoms with van der Waals surface area (Å²) in [6, 6.07) is 3.85. The zero-order chi connectivity index (χ0) is 9.84. The van der Waals surface area contributed by atoms with Crippen molar-refractivity contribution in [3.8, 4) is 5.75 Å². The molecule has 0 amide bonds. The lowest BCUT2D eigenvalue weighted by molar-refractivity contribution is 0.299. The fourth-order valence-electron chi connectivity index (χ4n) is 1.26. The van der Waals surface area contributed by atoms with Crippen molar-refractivity contribution in [2.45, 2.75) is 13.3 Å². The van der Waals surface area contributed by atoms with E-state index < -0.39 is 0 Å². The minimum absolute atomic E-state index is 0.103. The molecular weight excluding hydrogens is 188 g/mol. The first-order chi connectivity index (χ1) is 6.20. The van der Waals surface area contributed by atoms with E-state index in [1.165, 1.54) is 0 Å². The van der Waals surface area contributed by atoms with Gasteiger partial charge in [-0.3, -0.25) is 0 Å². The average Bonchev–Trinajstić information content (AvgIpc) is 2.11. The molecule has 0 bridgehead atoms. The number of rotatable bonds is 3. The molecule has 1 aromatic carbocycles. The maximum absolute atomic E-state index is 8.78. The summed E-state index contributed by atoms with van der Waals surface area (Å²) in [5.41, 5.74) is 1.93. The second-order valence-electron chi connectivity index (χ2n) is 2.86. The van der Waals surface area contributed by atoms with Crippen LogP contribution in [0.5, 0.6) is 5.75 Å². The van der Waals surface area contributed by atoms with Gasteiger partial charge in [0.05, 0.1) is 12.1 Å². The summed E-state index contributed by atoms with van der Waals surface area (Å²) in [4.78, 5) is 0. The van der Waals surface area contributed by atoms with Crippen molar-refractivity contribution in [2.75, 3.05) is 13.7 Å². The SMILES string of the molecule is COc1c(C)ccc(CCO)c1Cl. The molecule has 0 aliphatic rings. The van der Waals surface area contributed by atoms with Crippen molar-refractivity contribution in [3.63, 3.8) is 0 Å². The number of aliphatic hydroxyl groups is 1. The number of aryl methyl sites for hydroxylation is 1. The Hall–Kier alpha value is -0.730. The van der Waals surface area contributed by atoms with Crippen LogP contribution in [0.3, 0.4) is 0 Å². The van der Waals surface area contributed by atoms with Gasteiger partial charge in [0, 0.05) is 6.61 Å². The first kappa shape index (κ1) is 10.4. The smallest absolute Gasteiger partial charge is 0.140 e. The summed E-state index contributed by atoms with van der Waals surface area (Å²) in [6.45, 7) is 2.04. The standard InChI is InChI=1S/C10H13ClO2/c1-7-3-4-8(5-6-12)9(11)10(7)13-2/h3-4,12H,5-6H2,1-2H3. The van der Waals surface area contributed by atoms with Crippen molar-refractivity contribution in [1.29, 1.82) is 0 Å². The summed E-state index contributed by atoms with van der Waals surface area (Å²) in [6.07, 6.45) is 0.565. The highest BCUT2D eigenvalue weighted by molar-refractivity contribution is 6.33. The van der Waals surface area contributed by atoms with E-state index in [1.807, 2.05) is 19.1 Å². The van der Waals surface area contributed by atoms with E-state index in [0.717, 1.165) is 11.1 Å². The lowest BCUT2D eigenvalue weighted by atomic mass is 10.1. The topological polar surface area (TPSA) is 29.5 Å². The van der Waals surface area contributed by atoms with E-state index >= 15 is 0 Å². The van der Waals surface area contributed by atoms with Crippen LogP contribution in [0.1, 0.15) is 11.1 Å². The molecule has 0 spiro atoms. The van der Waals surface area contributed by atoms with Gasteiger partial charge in [0.15, 0.2) is 0 Å². The second-order valence-corrected chi connectivity index (χ2v) is 3.24. The molecule has 1 aromatic rings. The molecule has 0 aliphatic carbocycles. The lowest BCUT2D eigenvalue weighted by Gasteiger charge is -2.10. The molecule has 0 saturated heterocycles. The van der Waals surface area contributed by atoms with Crippen LogP contribution in [0.25, 0.3) is 0 Å². The van der Waals surface area contributed by atoms with Crippen molar-refractivity contribution in [2.24, 2.45) is 0 Å². The van der Waals surface area contributed by atoms with E-state index in [0.29, 0.717) is 17.2 Å². The van der Waals surface area contributed by atoms with Crippen LogP contribution in [0.15, 0.2) is 12.1 Å². The molecule has 0 atom stereocenters. The fourth-order valence-corrected chi connectivity index (χ4v) is 1.64.